The largest absolute Gasteiger partial charge is 0.383 e. The van der Waals surface area contributed by atoms with Gasteiger partial charge >= 0.3 is 0 Å². The predicted octanol–water partition coefficient (Wildman–Crippen LogP) is 2.40. The second kappa shape index (κ2) is 7.86. The Morgan fingerprint density at radius 2 is 2.20 bits per heavy atom. The number of nitrogens with zero attached hydrogens (tertiary/aromatic N) is 1. The van der Waals surface area contributed by atoms with Crippen molar-refractivity contribution in [2.75, 3.05) is 20.3 Å². The third kappa shape index (κ3) is 4.02. The molecule has 5 nitrogen and oxygen atoms in total. The van der Waals surface area contributed by atoms with Gasteiger partial charge in [-0.15, -0.1) is 11.3 Å². The number of sulfonamides is 1. The van der Waals surface area contributed by atoms with Crippen LogP contribution >= 0.6 is 27.3 Å². The molecule has 1 aromatic rings. The minimum atomic E-state index is -3.54. The Morgan fingerprint density at radius 3 is 2.65 bits per heavy atom. The molecule has 0 fully saturated rings. The Bertz CT molecular complexity index is 531. The zero-order valence-electron chi connectivity index (χ0n) is 11.9. The molecular weight excluding hydrogens is 364 g/mol. The monoisotopic (exact) mass is 384 g/mol. The Morgan fingerprint density at radius 1 is 1.55 bits per heavy atom. The molecule has 0 bridgehead atoms. The molecule has 1 aromatic heterocycles. The van der Waals surface area contributed by atoms with Crippen LogP contribution in [0.15, 0.2) is 14.7 Å². The molecule has 0 saturated heterocycles. The number of rotatable bonds is 8. The molecule has 0 radical (unpaired) electrons. The summed E-state index contributed by atoms with van der Waals surface area (Å²) in [4.78, 5) is 1.13. The number of hydrogen-bond acceptors (Lipinski definition) is 5. The van der Waals surface area contributed by atoms with Gasteiger partial charge in [-0.3, -0.25) is 0 Å². The quantitative estimate of drug-likeness (QED) is 0.746. The van der Waals surface area contributed by atoms with Crippen LogP contribution in [0.25, 0.3) is 0 Å². The minimum Gasteiger partial charge on any atom is -0.383 e. The molecule has 20 heavy (non-hydrogen) atoms. The van der Waals surface area contributed by atoms with Crippen LogP contribution in [0, 0.1) is 0 Å². The molecule has 1 heterocycles. The molecule has 1 unspecified atom stereocenters. The maximum Gasteiger partial charge on any atom is 0.245 e. The molecule has 0 spiro atoms. The SMILES string of the molecule is CCC(C)N(CCOC)S(=O)(=O)c1cc(CN)sc1Br. The van der Waals surface area contributed by atoms with Crippen LogP contribution in [0.1, 0.15) is 25.1 Å². The normalized spacial score (nSPS) is 13.9. The van der Waals surface area contributed by atoms with E-state index in [2.05, 4.69) is 15.9 Å². The average molecular weight is 385 g/mol. The zero-order valence-corrected chi connectivity index (χ0v) is 15.1. The second-order valence-electron chi connectivity index (χ2n) is 4.42. The number of halogens is 1. The summed E-state index contributed by atoms with van der Waals surface area (Å²) in [7, 11) is -1.98. The topological polar surface area (TPSA) is 72.6 Å². The summed E-state index contributed by atoms with van der Waals surface area (Å²) >= 11 is 4.68. The van der Waals surface area contributed by atoms with Gasteiger partial charge in [0.2, 0.25) is 10.0 Å². The molecule has 0 amide bonds. The van der Waals surface area contributed by atoms with Gasteiger partial charge in [0.05, 0.1) is 10.4 Å². The molecular formula is C12H21BrN2O3S2. The molecule has 0 saturated carbocycles. The summed E-state index contributed by atoms with van der Waals surface area (Å²) in [6.07, 6.45) is 0.744. The smallest absolute Gasteiger partial charge is 0.245 e. The van der Waals surface area contributed by atoms with Gasteiger partial charge in [0, 0.05) is 31.1 Å². The average Bonchev–Trinajstić information content (AvgIpc) is 2.80. The fraction of sp³-hybridized carbons (Fsp3) is 0.667. The Kier molecular flexibility index (Phi) is 7.10. The van der Waals surface area contributed by atoms with Gasteiger partial charge in [-0.25, -0.2) is 8.42 Å². The van der Waals surface area contributed by atoms with Gasteiger partial charge in [0.1, 0.15) is 4.90 Å². The van der Waals surface area contributed by atoms with E-state index >= 15 is 0 Å². The fourth-order valence-corrected chi connectivity index (χ4v) is 5.96. The maximum atomic E-state index is 12.8. The lowest BCUT2D eigenvalue weighted by Crippen LogP contribution is -2.40. The molecule has 2 N–H and O–H groups in total. The Balaban J connectivity index is 3.17. The summed E-state index contributed by atoms with van der Waals surface area (Å²) < 4.78 is 32.7. The van der Waals surface area contributed by atoms with Crippen molar-refractivity contribution in [1.82, 2.24) is 4.31 Å². The van der Waals surface area contributed by atoms with Crippen molar-refractivity contribution in [3.8, 4) is 0 Å². The second-order valence-corrected chi connectivity index (χ2v) is 8.73. The van der Waals surface area contributed by atoms with Gasteiger partial charge in [-0.2, -0.15) is 4.31 Å². The van der Waals surface area contributed by atoms with E-state index in [-0.39, 0.29) is 6.04 Å². The molecule has 0 aliphatic rings. The third-order valence-electron chi connectivity index (χ3n) is 3.09. The summed E-state index contributed by atoms with van der Waals surface area (Å²) in [5.41, 5.74) is 5.58. The molecule has 116 valence electrons. The molecule has 0 aromatic carbocycles. The zero-order chi connectivity index (χ0) is 15.3. The van der Waals surface area contributed by atoms with Crippen LogP contribution in [-0.4, -0.2) is 39.0 Å². The van der Waals surface area contributed by atoms with E-state index in [1.54, 1.807) is 13.2 Å². The van der Waals surface area contributed by atoms with Crippen LogP contribution in [0.3, 0.4) is 0 Å². The van der Waals surface area contributed by atoms with Gasteiger partial charge < -0.3 is 10.5 Å². The van der Waals surface area contributed by atoms with E-state index < -0.39 is 10.0 Å². The van der Waals surface area contributed by atoms with Crippen molar-refractivity contribution in [1.29, 1.82) is 0 Å². The third-order valence-corrected chi connectivity index (χ3v) is 7.38. The predicted molar refractivity (Wildman–Crippen MR) is 85.4 cm³/mol. The van der Waals surface area contributed by atoms with Crippen LogP contribution in [0.2, 0.25) is 0 Å². The van der Waals surface area contributed by atoms with Gasteiger partial charge in [-0.1, -0.05) is 6.92 Å². The van der Waals surface area contributed by atoms with E-state index in [4.69, 9.17) is 10.5 Å². The van der Waals surface area contributed by atoms with E-state index in [1.165, 1.54) is 15.6 Å². The number of hydrogen-bond donors (Lipinski definition) is 1. The molecule has 0 aliphatic carbocycles. The lowest BCUT2D eigenvalue weighted by atomic mass is 10.3. The molecule has 0 aliphatic heterocycles. The number of ether oxygens (including phenoxy) is 1. The van der Waals surface area contributed by atoms with E-state index in [9.17, 15) is 8.42 Å². The van der Waals surface area contributed by atoms with Crippen LogP contribution in [-0.2, 0) is 21.3 Å². The van der Waals surface area contributed by atoms with Crippen molar-refractivity contribution < 1.29 is 13.2 Å². The molecule has 1 atom stereocenters. The van der Waals surface area contributed by atoms with Crippen LogP contribution in [0.5, 0.6) is 0 Å². The standard InChI is InChI=1S/C12H21BrN2O3S2/c1-4-9(2)15(5-6-18-3)20(16,17)11-7-10(8-14)19-12(11)13/h7,9H,4-6,8,14H2,1-3H3. The van der Waals surface area contributed by atoms with Crippen molar-refractivity contribution >= 4 is 37.3 Å². The summed E-state index contributed by atoms with van der Waals surface area (Å²) in [5.74, 6) is 0. The lowest BCUT2D eigenvalue weighted by Gasteiger charge is -2.27. The maximum absolute atomic E-state index is 12.8. The van der Waals surface area contributed by atoms with Crippen LogP contribution < -0.4 is 5.73 Å². The minimum absolute atomic E-state index is 0.0803. The first-order chi connectivity index (χ1) is 9.38. The van der Waals surface area contributed by atoms with Crippen molar-refractivity contribution in [2.45, 2.75) is 37.8 Å². The summed E-state index contributed by atoms with van der Waals surface area (Å²) in [5, 5.41) is 0. The highest BCUT2D eigenvalue weighted by molar-refractivity contribution is 9.11. The molecule has 8 heteroatoms. The summed E-state index contributed by atoms with van der Waals surface area (Å²) in [6, 6.07) is 1.56. The highest BCUT2D eigenvalue weighted by Gasteiger charge is 2.31. The Hall–Kier alpha value is 0.01000. The molecule has 1 rings (SSSR count). The Labute approximate surface area is 133 Å². The highest BCUT2D eigenvalue weighted by atomic mass is 79.9. The number of methoxy groups -OCH3 is 1. The fourth-order valence-electron chi connectivity index (χ4n) is 1.76. The van der Waals surface area contributed by atoms with E-state index in [0.29, 0.717) is 28.4 Å². The van der Waals surface area contributed by atoms with Gasteiger partial charge in [0.15, 0.2) is 0 Å². The number of nitrogens with two attached hydrogens (primary N) is 1. The lowest BCUT2D eigenvalue weighted by molar-refractivity contribution is 0.167. The highest BCUT2D eigenvalue weighted by Crippen LogP contribution is 2.34. The first-order valence-corrected chi connectivity index (χ1v) is 9.42. The van der Waals surface area contributed by atoms with Crippen molar-refractivity contribution in [2.24, 2.45) is 5.73 Å². The first-order valence-electron chi connectivity index (χ1n) is 6.37. The van der Waals surface area contributed by atoms with Crippen molar-refractivity contribution in [3.63, 3.8) is 0 Å². The van der Waals surface area contributed by atoms with Gasteiger partial charge in [0.25, 0.3) is 0 Å². The van der Waals surface area contributed by atoms with E-state index in [1.807, 2.05) is 13.8 Å². The van der Waals surface area contributed by atoms with Crippen molar-refractivity contribution in [3.05, 3.63) is 14.7 Å². The number of thiophene rings is 1. The van der Waals surface area contributed by atoms with Crippen LogP contribution in [0.4, 0.5) is 0 Å². The summed E-state index contributed by atoms with van der Waals surface area (Å²) in [6.45, 7) is 4.91. The van der Waals surface area contributed by atoms with Gasteiger partial charge in [-0.05, 0) is 35.3 Å². The van der Waals surface area contributed by atoms with E-state index in [0.717, 1.165) is 11.3 Å². The first kappa shape index (κ1) is 18.1.